The van der Waals surface area contributed by atoms with Crippen LogP contribution in [0.15, 0.2) is 0 Å². The summed E-state index contributed by atoms with van der Waals surface area (Å²) < 4.78 is 4.92. The smallest absolute Gasteiger partial charge is 0.305 e. The predicted octanol–water partition coefficient (Wildman–Crippen LogP) is 5.71. The lowest BCUT2D eigenvalue weighted by molar-refractivity contribution is -0.305. The summed E-state index contributed by atoms with van der Waals surface area (Å²) in [5.41, 5.74) is 0. The highest BCUT2D eigenvalue weighted by molar-refractivity contribution is 5.69. The third-order valence-electron chi connectivity index (χ3n) is 5.07. The summed E-state index contributed by atoms with van der Waals surface area (Å²) in [6.45, 7) is 2.35. The van der Waals surface area contributed by atoms with Crippen LogP contribution in [0.4, 0.5) is 0 Å². The lowest BCUT2D eigenvalue weighted by atomic mass is 10.0. The SMILES string of the molecule is CCOC(=O)CCCCCCCCCCCCCCCCCCCC(=O)[O-]. The fourth-order valence-corrected chi connectivity index (χ4v) is 3.42. The minimum absolute atomic E-state index is 0.0500. The van der Waals surface area contributed by atoms with Gasteiger partial charge in [0.25, 0.3) is 0 Å². The van der Waals surface area contributed by atoms with E-state index >= 15 is 0 Å². The molecule has 0 amide bonds. The van der Waals surface area contributed by atoms with Gasteiger partial charge in [0, 0.05) is 12.4 Å². The molecule has 0 unspecified atom stereocenters. The van der Waals surface area contributed by atoms with Gasteiger partial charge in [0.05, 0.1) is 6.61 Å². The van der Waals surface area contributed by atoms with Gasteiger partial charge in [0.15, 0.2) is 0 Å². The number of hydrogen-bond acceptors (Lipinski definition) is 4. The summed E-state index contributed by atoms with van der Waals surface area (Å²) >= 11 is 0. The van der Waals surface area contributed by atoms with E-state index in [0.717, 1.165) is 32.1 Å². The molecular weight excluding hydrogens is 340 g/mol. The number of carboxylic acids is 1. The number of rotatable bonds is 21. The number of carboxylic acid groups (broad SMARTS) is 1. The van der Waals surface area contributed by atoms with Crippen LogP contribution in [0.1, 0.15) is 129 Å². The van der Waals surface area contributed by atoms with Crippen molar-refractivity contribution in [2.75, 3.05) is 6.61 Å². The van der Waals surface area contributed by atoms with Gasteiger partial charge in [-0.1, -0.05) is 96.3 Å². The van der Waals surface area contributed by atoms with Crippen LogP contribution in [0, 0.1) is 0 Å². The average molecular weight is 384 g/mol. The average Bonchev–Trinajstić information content (AvgIpc) is 2.63. The molecule has 0 aliphatic carbocycles. The standard InChI is InChI=1S/C23H44O4/c1-2-27-23(26)21-19-17-15-13-11-9-7-5-3-4-6-8-10-12-14-16-18-20-22(24)25/h2-21H2,1H3,(H,24,25)/p-1. The highest BCUT2D eigenvalue weighted by Gasteiger charge is 2.00. The molecule has 0 saturated heterocycles. The molecule has 160 valence electrons. The third-order valence-corrected chi connectivity index (χ3v) is 5.07. The first-order valence-corrected chi connectivity index (χ1v) is 11.5. The second kappa shape index (κ2) is 21.2. The van der Waals surface area contributed by atoms with E-state index < -0.39 is 5.97 Å². The summed E-state index contributed by atoms with van der Waals surface area (Å²) in [6.07, 6.45) is 21.8. The van der Waals surface area contributed by atoms with Crippen LogP contribution < -0.4 is 5.11 Å². The Morgan fingerprint density at radius 1 is 0.556 bits per heavy atom. The highest BCUT2D eigenvalue weighted by atomic mass is 16.5. The predicted molar refractivity (Wildman–Crippen MR) is 109 cm³/mol. The first-order valence-electron chi connectivity index (χ1n) is 11.5. The van der Waals surface area contributed by atoms with E-state index in [4.69, 9.17) is 4.74 Å². The Labute approximate surface area is 167 Å². The molecule has 0 radical (unpaired) electrons. The third kappa shape index (κ3) is 22.9. The van der Waals surface area contributed by atoms with Gasteiger partial charge >= 0.3 is 5.97 Å². The second-order valence-corrected chi connectivity index (χ2v) is 7.69. The maximum Gasteiger partial charge on any atom is 0.305 e. The normalized spacial score (nSPS) is 10.9. The van der Waals surface area contributed by atoms with Crippen molar-refractivity contribution >= 4 is 11.9 Å². The van der Waals surface area contributed by atoms with Crippen molar-refractivity contribution in [2.45, 2.75) is 129 Å². The first kappa shape index (κ1) is 25.9. The largest absolute Gasteiger partial charge is 0.550 e. The Morgan fingerprint density at radius 2 is 0.852 bits per heavy atom. The van der Waals surface area contributed by atoms with Gasteiger partial charge in [-0.05, 0) is 26.2 Å². The van der Waals surface area contributed by atoms with Crippen molar-refractivity contribution in [1.29, 1.82) is 0 Å². The molecule has 0 aromatic heterocycles. The molecule has 4 heteroatoms. The van der Waals surface area contributed by atoms with Crippen molar-refractivity contribution in [2.24, 2.45) is 0 Å². The number of carbonyl (C=O) groups excluding carboxylic acids is 2. The van der Waals surface area contributed by atoms with Crippen LogP contribution in [0.2, 0.25) is 0 Å². The second-order valence-electron chi connectivity index (χ2n) is 7.69. The van der Waals surface area contributed by atoms with Crippen molar-refractivity contribution < 1.29 is 19.4 Å². The topological polar surface area (TPSA) is 66.4 Å². The number of aliphatic carboxylic acids is 1. The number of hydrogen-bond donors (Lipinski definition) is 0. The van der Waals surface area contributed by atoms with Crippen molar-refractivity contribution in [3.8, 4) is 0 Å². The molecule has 0 heterocycles. The monoisotopic (exact) mass is 383 g/mol. The molecule has 0 aromatic carbocycles. The molecule has 0 saturated carbocycles. The molecule has 4 nitrogen and oxygen atoms in total. The number of carbonyl (C=O) groups is 2. The van der Waals surface area contributed by atoms with Gasteiger partial charge in [-0.3, -0.25) is 4.79 Å². The number of ether oxygens (including phenoxy) is 1. The molecule has 0 atom stereocenters. The molecule has 0 aliphatic rings. The van der Waals surface area contributed by atoms with E-state index in [1.54, 1.807) is 0 Å². The van der Waals surface area contributed by atoms with Crippen LogP contribution in [0.3, 0.4) is 0 Å². The molecule has 0 aromatic rings. The molecule has 0 N–H and O–H groups in total. The Morgan fingerprint density at radius 3 is 1.15 bits per heavy atom. The zero-order chi connectivity index (χ0) is 20.0. The van der Waals surface area contributed by atoms with E-state index in [-0.39, 0.29) is 12.4 Å². The maximum atomic E-state index is 11.2. The van der Waals surface area contributed by atoms with E-state index in [2.05, 4.69) is 0 Å². The van der Waals surface area contributed by atoms with Crippen LogP contribution in [0.5, 0.6) is 0 Å². The summed E-state index contributed by atoms with van der Waals surface area (Å²) in [4.78, 5) is 21.5. The van der Waals surface area contributed by atoms with Gasteiger partial charge in [-0.15, -0.1) is 0 Å². The highest BCUT2D eigenvalue weighted by Crippen LogP contribution is 2.14. The van der Waals surface area contributed by atoms with Crippen molar-refractivity contribution in [3.63, 3.8) is 0 Å². The Hall–Kier alpha value is -1.06. The summed E-state index contributed by atoms with van der Waals surface area (Å²) in [6, 6.07) is 0. The fourth-order valence-electron chi connectivity index (χ4n) is 3.42. The van der Waals surface area contributed by atoms with Crippen LogP contribution in [-0.2, 0) is 14.3 Å². The molecule has 0 rings (SSSR count). The van der Waals surface area contributed by atoms with Crippen LogP contribution in [0.25, 0.3) is 0 Å². The quantitative estimate of drug-likeness (QED) is 0.188. The number of unbranched alkanes of at least 4 members (excludes halogenated alkanes) is 16. The summed E-state index contributed by atoms with van der Waals surface area (Å²) in [5.74, 6) is -0.966. The van der Waals surface area contributed by atoms with Gasteiger partial charge in [-0.25, -0.2) is 0 Å². The van der Waals surface area contributed by atoms with Crippen molar-refractivity contribution in [1.82, 2.24) is 0 Å². The molecule has 0 aliphatic heterocycles. The van der Waals surface area contributed by atoms with E-state index in [1.807, 2.05) is 6.92 Å². The van der Waals surface area contributed by atoms with Crippen molar-refractivity contribution in [3.05, 3.63) is 0 Å². The van der Waals surface area contributed by atoms with Gasteiger partial charge < -0.3 is 14.6 Å². The van der Waals surface area contributed by atoms with E-state index in [0.29, 0.717) is 13.0 Å². The summed E-state index contributed by atoms with van der Waals surface area (Å²) in [7, 11) is 0. The fraction of sp³-hybridized carbons (Fsp3) is 0.913. The Kier molecular flexibility index (Phi) is 20.4. The first-order chi connectivity index (χ1) is 13.2. The Bertz CT molecular complexity index is 341. The van der Waals surface area contributed by atoms with Crippen LogP contribution in [-0.4, -0.2) is 18.5 Å². The minimum atomic E-state index is -0.916. The van der Waals surface area contributed by atoms with Gasteiger partial charge in [0.1, 0.15) is 0 Å². The number of esters is 1. The molecule has 0 spiro atoms. The zero-order valence-electron chi connectivity index (χ0n) is 17.8. The molecule has 0 fully saturated rings. The molecule has 27 heavy (non-hydrogen) atoms. The van der Waals surface area contributed by atoms with E-state index in [1.165, 1.54) is 77.0 Å². The Balaban J connectivity index is 3.05. The summed E-state index contributed by atoms with van der Waals surface area (Å²) in [5, 5.41) is 10.3. The van der Waals surface area contributed by atoms with Gasteiger partial charge in [0.2, 0.25) is 0 Å². The van der Waals surface area contributed by atoms with Gasteiger partial charge in [-0.2, -0.15) is 0 Å². The molecule has 0 bridgehead atoms. The van der Waals surface area contributed by atoms with Crippen LogP contribution >= 0.6 is 0 Å². The zero-order valence-corrected chi connectivity index (χ0v) is 17.8. The maximum absolute atomic E-state index is 11.2. The lowest BCUT2D eigenvalue weighted by Crippen LogP contribution is -2.21. The lowest BCUT2D eigenvalue weighted by Gasteiger charge is -2.04. The minimum Gasteiger partial charge on any atom is -0.550 e. The molecular formula is C23H43O4-. The van der Waals surface area contributed by atoms with E-state index in [9.17, 15) is 14.7 Å².